The Labute approximate surface area is 237 Å². The van der Waals surface area contributed by atoms with Crippen LogP contribution in [0.5, 0.6) is 0 Å². The fourth-order valence-electron chi connectivity index (χ4n) is 6.06. The van der Waals surface area contributed by atoms with Crippen molar-refractivity contribution in [3.05, 3.63) is 113 Å². The van der Waals surface area contributed by atoms with Crippen molar-refractivity contribution in [1.29, 1.82) is 0 Å². The van der Waals surface area contributed by atoms with Crippen LogP contribution < -0.4 is 0 Å². The van der Waals surface area contributed by atoms with Crippen LogP contribution >= 0.6 is 0 Å². The Hall–Kier alpha value is -4.02. The lowest BCUT2D eigenvalue weighted by molar-refractivity contribution is 0.0747. The van der Waals surface area contributed by atoms with Gasteiger partial charge in [-0.25, -0.2) is 21.9 Å². The number of fused-ring (bicyclic) bond motifs is 2. The number of pyridine rings is 1. The molecule has 41 heavy (non-hydrogen) atoms. The van der Waals surface area contributed by atoms with Crippen LogP contribution in [0, 0.1) is 24.0 Å². The third kappa shape index (κ3) is 4.70. The summed E-state index contributed by atoms with van der Waals surface area (Å²) in [6.07, 6.45) is 6.87. The number of sulfonamides is 1. The van der Waals surface area contributed by atoms with E-state index in [2.05, 4.69) is 10.1 Å². The lowest BCUT2D eigenvalue weighted by atomic mass is 9.60. The first-order valence-electron chi connectivity index (χ1n) is 13.3. The van der Waals surface area contributed by atoms with Gasteiger partial charge in [-0.3, -0.25) is 9.78 Å². The van der Waals surface area contributed by atoms with E-state index in [0.29, 0.717) is 30.6 Å². The molecule has 2 aromatic heterocycles. The smallest absolute Gasteiger partial charge is 0.243 e. The molecule has 1 saturated carbocycles. The molecule has 2 atom stereocenters. The first kappa shape index (κ1) is 27.2. The summed E-state index contributed by atoms with van der Waals surface area (Å²) in [5, 5.41) is 4.56. The Bertz CT molecular complexity index is 1780. The number of aromatic nitrogens is 3. The van der Waals surface area contributed by atoms with Crippen LogP contribution in [0.3, 0.4) is 0 Å². The molecule has 0 spiro atoms. The lowest BCUT2D eigenvalue weighted by Gasteiger charge is -2.45. The second-order valence-electron chi connectivity index (χ2n) is 10.8. The summed E-state index contributed by atoms with van der Waals surface area (Å²) in [6.45, 7) is 1.89. The number of carbonyl (C=O) groups is 1. The van der Waals surface area contributed by atoms with E-state index in [1.165, 1.54) is 35.6 Å². The van der Waals surface area contributed by atoms with Crippen molar-refractivity contribution >= 4 is 21.9 Å². The molecule has 6 rings (SSSR count). The van der Waals surface area contributed by atoms with E-state index >= 15 is 0 Å². The second-order valence-corrected chi connectivity index (χ2v) is 12.8. The zero-order chi connectivity index (χ0) is 28.9. The summed E-state index contributed by atoms with van der Waals surface area (Å²) in [5.41, 5.74) is 3.44. The molecule has 0 unspecified atom stereocenters. The molecule has 1 fully saturated rings. The Morgan fingerprint density at radius 3 is 2.41 bits per heavy atom. The molecule has 2 heterocycles. The van der Waals surface area contributed by atoms with E-state index in [4.69, 9.17) is 0 Å². The number of rotatable bonds is 6. The van der Waals surface area contributed by atoms with Crippen LogP contribution in [-0.2, 0) is 16.4 Å². The molecule has 2 aromatic carbocycles. The van der Waals surface area contributed by atoms with Gasteiger partial charge in [-0.2, -0.15) is 9.40 Å². The second kappa shape index (κ2) is 10.1. The lowest BCUT2D eigenvalue weighted by Crippen LogP contribution is -2.49. The third-order valence-corrected chi connectivity index (χ3v) is 10.2. The number of Topliss-reactive ketones (excluding diaryl/α,β-unsaturated/α-hetero) is 1. The quantitative estimate of drug-likeness (QED) is 0.283. The third-order valence-electron chi connectivity index (χ3n) is 8.29. The van der Waals surface area contributed by atoms with Crippen LogP contribution in [0.15, 0.2) is 83.5 Å². The van der Waals surface area contributed by atoms with Crippen molar-refractivity contribution in [3.63, 3.8) is 0 Å². The number of hydrogen-bond donors (Lipinski definition) is 0. The maximum atomic E-state index is 14.4. The number of allylic oxidation sites excluding steroid dienone is 1. The van der Waals surface area contributed by atoms with Gasteiger partial charge in [-0.1, -0.05) is 5.57 Å². The van der Waals surface area contributed by atoms with Crippen molar-refractivity contribution in [2.45, 2.75) is 43.5 Å². The summed E-state index contributed by atoms with van der Waals surface area (Å²) in [5.74, 6) is -1.03. The molecule has 4 aromatic rings. The van der Waals surface area contributed by atoms with Crippen molar-refractivity contribution in [3.8, 4) is 5.69 Å². The van der Waals surface area contributed by atoms with Gasteiger partial charge in [0.2, 0.25) is 10.0 Å². The normalized spacial score (nSPS) is 20.3. The van der Waals surface area contributed by atoms with E-state index in [1.54, 1.807) is 35.3 Å². The highest BCUT2D eigenvalue weighted by atomic mass is 32.2. The summed E-state index contributed by atoms with van der Waals surface area (Å²) >= 11 is 0. The number of benzene rings is 2. The van der Waals surface area contributed by atoms with E-state index in [1.807, 2.05) is 19.1 Å². The Morgan fingerprint density at radius 1 is 1.05 bits per heavy atom. The van der Waals surface area contributed by atoms with Gasteiger partial charge < -0.3 is 0 Å². The average molecular weight is 575 g/mol. The highest BCUT2D eigenvalue weighted by molar-refractivity contribution is 7.89. The number of ketones is 1. The van der Waals surface area contributed by atoms with Gasteiger partial charge in [-0.15, -0.1) is 0 Å². The van der Waals surface area contributed by atoms with Gasteiger partial charge >= 0.3 is 0 Å². The molecule has 0 aliphatic heterocycles. The molecular weight excluding hydrogens is 546 g/mol. The molecule has 0 radical (unpaired) electrons. The SMILES string of the molecule is Cc1ccnc(C(=O)[C@]23Cc4cnn(-c5ccc(F)cc5)c4C=C2CC[C@H](N(C)S(=O)(=O)c2ccc(F)cc2)C3)c1. The van der Waals surface area contributed by atoms with Gasteiger partial charge in [-0.05, 0) is 110 Å². The molecule has 7 nitrogen and oxygen atoms in total. The van der Waals surface area contributed by atoms with Crippen LogP contribution in [0.2, 0.25) is 0 Å². The van der Waals surface area contributed by atoms with E-state index in [-0.39, 0.29) is 22.9 Å². The zero-order valence-electron chi connectivity index (χ0n) is 22.6. The van der Waals surface area contributed by atoms with Crippen molar-refractivity contribution in [1.82, 2.24) is 19.1 Å². The van der Waals surface area contributed by atoms with Crippen molar-refractivity contribution in [2.75, 3.05) is 7.05 Å². The molecule has 2 aliphatic carbocycles. The van der Waals surface area contributed by atoms with Crippen molar-refractivity contribution in [2.24, 2.45) is 5.41 Å². The largest absolute Gasteiger partial charge is 0.291 e. The molecule has 0 saturated heterocycles. The predicted molar refractivity (Wildman–Crippen MR) is 150 cm³/mol. The zero-order valence-corrected chi connectivity index (χ0v) is 23.4. The van der Waals surface area contributed by atoms with Gasteiger partial charge in [0.25, 0.3) is 0 Å². The van der Waals surface area contributed by atoms with E-state index in [9.17, 15) is 22.0 Å². The summed E-state index contributed by atoms with van der Waals surface area (Å²) < 4.78 is 57.2. The van der Waals surface area contributed by atoms with Crippen LogP contribution in [0.25, 0.3) is 11.8 Å². The van der Waals surface area contributed by atoms with Crippen LogP contribution in [0.1, 0.15) is 46.6 Å². The summed E-state index contributed by atoms with van der Waals surface area (Å²) in [7, 11) is -2.42. The molecule has 0 amide bonds. The Balaban J connectivity index is 1.42. The minimum Gasteiger partial charge on any atom is -0.291 e. The Morgan fingerprint density at radius 2 is 1.73 bits per heavy atom. The first-order valence-corrected chi connectivity index (χ1v) is 14.8. The fraction of sp³-hybridized carbons (Fsp3) is 0.258. The molecule has 0 N–H and O–H groups in total. The van der Waals surface area contributed by atoms with E-state index in [0.717, 1.165) is 34.5 Å². The first-order chi connectivity index (χ1) is 19.6. The molecule has 210 valence electrons. The van der Waals surface area contributed by atoms with Gasteiger partial charge in [0.15, 0.2) is 5.78 Å². The number of nitrogens with zero attached hydrogens (tertiary/aromatic N) is 4. The molecule has 0 bridgehead atoms. The minimum atomic E-state index is -3.94. The molecule has 10 heteroatoms. The number of hydrogen-bond acceptors (Lipinski definition) is 5. The van der Waals surface area contributed by atoms with Gasteiger partial charge in [0.05, 0.1) is 27.9 Å². The maximum Gasteiger partial charge on any atom is 0.243 e. The maximum absolute atomic E-state index is 14.4. The molecule has 2 aliphatic rings. The van der Waals surface area contributed by atoms with Crippen LogP contribution in [-0.4, -0.2) is 46.4 Å². The Kier molecular flexibility index (Phi) is 6.70. The van der Waals surface area contributed by atoms with Crippen LogP contribution in [0.4, 0.5) is 8.78 Å². The monoisotopic (exact) mass is 574 g/mol. The number of halogens is 2. The number of carbonyl (C=O) groups excluding carboxylic acids is 1. The van der Waals surface area contributed by atoms with Gasteiger partial charge in [0.1, 0.15) is 17.3 Å². The van der Waals surface area contributed by atoms with E-state index < -0.39 is 27.3 Å². The highest BCUT2D eigenvalue weighted by Crippen LogP contribution is 2.51. The predicted octanol–water partition coefficient (Wildman–Crippen LogP) is 5.54. The minimum absolute atomic E-state index is 0.00466. The number of aryl methyl sites for hydroxylation is 1. The topological polar surface area (TPSA) is 85.2 Å². The van der Waals surface area contributed by atoms with Crippen molar-refractivity contribution < 1.29 is 22.0 Å². The summed E-state index contributed by atoms with van der Waals surface area (Å²) in [6, 6.07) is 13.9. The standard InChI is InChI=1S/C31H28F2N4O3S/c1-20-13-14-34-28(15-20)30(38)31-17-21-19-35-37(25-9-4-23(32)5-10-25)29(21)16-22(31)3-8-26(18-31)36(2)41(39,40)27-11-6-24(33)7-12-27/h4-7,9-16,19,26H,3,8,17-18H2,1-2H3/t26-,31-/m0/s1. The molecular formula is C31H28F2N4O3S. The fourth-order valence-corrected chi connectivity index (χ4v) is 7.44. The average Bonchev–Trinajstić information content (AvgIpc) is 3.37. The van der Waals surface area contributed by atoms with Gasteiger partial charge in [0, 0.05) is 19.3 Å². The summed E-state index contributed by atoms with van der Waals surface area (Å²) in [4.78, 5) is 18.8. The highest BCUT2D eigenvalue weighted by Gasteiger charge is 2.51.